The van der Waals surface area contributed by atoms with Crippen LogP contribution in [-0.4, -0.2) is 25.3 Å². The lowest BCUT2D eigenvalue weighted by molar-refractivity contribution is 0.0636. The zero-order chi connectivity index (χ0) is 13.3. The molecule has 1 aliphatic heterocycles. The molecule has 0 atom stereocenters. The molecule has 1 aromatic rings. The van der Waals surface area contributed by atoms with Crippen molar-refractivity contribution in [3.8, 4) is 0 Å². The van der Waals surface area contributed by atoms with Gasteiger partial charge in [-0.15, -0.1) is 0 Å². The fraction of sp³-hybridized carbons (Fsp3) is 0.538. The number of anilines is 2. The molecule has 0 radical (unpaired) electrons. The maximum absolute atomic E-state index is 13.1. The molecule has 3 nitrogen and oxygen atoms in total. The highest BCUT2D eigenvalue weighted by atomic mass is 19.3. The molecule has 0 bridgehead atoms. The average molecular weight is 256 g/mol. The number of rotatable bonds is 2. The largest absolute Gasteiger partial charge is 0.399 e. The van der Waals surface area contributed by atoms with E-state index >= 15 is 0 Å². The third kappa shape index (κ3) is 2.41. The highest BCUT2D eigenvalue weighted by Gasteiger charge is 2.33. The first-order valence-electron chi connectivity index (χ1n) is 5.95. The average Bonchev–Trinajstić information content (AvgIpc) is 2.29. The molecule has 5 heteroatoms. The van der Waals surface area contributed by atoms with Crippen molar-refractivity contribution in [3.63, 3.8) is 0 Å². The van der Waals surface area contributed by atoms with Crippen LogP contribution in [0.4, 0.5) is 20.2 Å². The van der Waals surface area contributed by atoms with E-state index in [4.69, 9.17) is 10.5 Å². The summed E-state index contributed by atoms with van der Waals surface area (Å²) in [6.07, 6.45) is -2.53. The minimum atomic E-state index is -2.53. The van der Waals surface area contributed by atoms with E-state index in [1.807, 2.05) is 18.7 Å². The second kappa shape index (κ2) is 4.72. The number of alkyl halides is 2. The van der Waals surface area contributed by atoms with Crippen molar-refractivity contribution in [2.75, 3.05) is 30.4 Å². The van der Waals surface area contributed by atoms with E-state index in [0.29, 0.717) is 31.1 Å². The molecular weight excluding hydrogens is 238 g/mol. The minimum absolute atomic E-state index is 0.00928. The molecule has 1 aromatic carbocycles. The van der Waals surface area contributed by atoms with Gasteiger partial charge in [0.15, 0.2) is 0 Å². The van der Waals surface area contributed by atoms with Crippen molar-refractivity contribution in [2.45, 2.75) is 25.8 Å². The van der Waals surface area contributed by atoms with Crippen LogP contribution in [0.15, 0.2) is 18.2 Å². The van der Waals surface area contributed by atoms with Crippen molar-refractivity contribution >= 4 is 11.4 Å². The van der Waals surface area contributed by atoms with Gasteiger partial charge in [0, 0.05) is 23.5 Å². The Morgan fingerprint density at radius 1 is 1.39 bits per heavy atom. The second-order valence-corrected chi connectivity index (χ2v) is 5.14. The van der Waals surface area contributed by atoms with Crippen molar-refractivity contribution in [1.82, 2.24) is 0 Å². The van der Waals surface area contributed by atoms with Gasteiger partial charge in [-0.25, -0.2) is 8.78 Å². The molecule has 0 aromatic heterocycles. The van der Waals surface area contributed by atoms with E-state index in [-0.39, 0.29) is 11.1 Å². The molecule has 0 amide bonds. The summed E-state index contributed by atoms with van der Waals surface area (Å²) in [5.41, 5.74) is 6.19. The predicted molar refractivity (Wildman–Crippen MR) is 68.1 cm³/mol. The van der Waals surface area contributed by atoms with Gasteiger partial charge < -0.3 is 15.4 Å². The van der Waals surface area contributed by atoms with Crippen LogP contribution in [0.25, 0.3) is 0 Å². The fourth-order valence-corrected chi connectivity index (χ4v) is 2.30. The first-order valence-corrected chi connectivity index (χ1v) is 5.95. The van der Waals surface area contributed by atoms with E-state index in [9.17, 15) is 8.78 Å². The van der Waals surface area contributed by atoms with Crippen molar-refractivity contribution in [3.05, 3.63) is 23.8 Å². The van der Waals surface area contributed by atoms with Gasteiger partial charge in [0.1, 0.15) is 0 Å². The van der Waals surface area contributed by atoms with Gasteiger partial charge in [0.05, 0.1) is 18.8 Å². The lowest BCUT2D eigenvalue weighted by Crippen LogP contribution is -2.53. The number of halogens is 2. The Kier molecular flexibility index (Phi) is 3.43. The zero-order valence-electron chi connectivity index (χ0n) is 10.6. The summed E-state index contributed by atoms with van der Waals surface area (Å²) < 4.78 is 31.6. The van der Waals surface area contributed by atoms with Crippen LogP contribution in [0, 0.1) is 0 Å². The number of benzene rings is 1. The molecule has 1 fully saturated rings. The summed E-state index contributed by atoms with van der Waals surface area (Å²) in [6, 6.07) is 4.68. The lowest BCUT2D eigenvalue weighted by Gasteiger charge is -2.44. The Balaban J connectivity index is 2.43. The number of nitrogen functional groups attached to an aromatic ring is 1. The molecule has 0 aliphatic carbocycles. The van der Waals surface area contributed by atoms with Crippen LogP contribution in [0.3, 0.4) is 0 Å². The van der Waals surface area contributed by atoms with Crippen molar-refractivity contribution < 1.29 is 13.5 Å². The van der Waals surface area contributed by atoms with Crippen LogP contribution < -0.4 is 10.6 Å². The van der Waals surface area contributed by atoms with Crippen molar-refractivity contribution in [2.24, 2.45) is 0 Å². The van der Waals surface area contributed by atoms with E-state index in [1.54, 1.807) is 12.1 Å². The van der Waals surface area contributed by atoms with Gasteiger partial charge in [-0.3, -0.25) is 0 Å². The number of nitrogens with zero attached hydrogens (tertiary/aromatic N) is 1. The molecule has 2 N–H and O–H groups in total. The Morgan fingerprint density at radius 2 is 2.11 bits per heavy atom. The van der Waals surface area contributed by atoms with Crippen molar-refractivity contribution in [1.29, 1.82) is 0 Å². The number of ether oxygens (including phenoxy) is 1. The third-order valence-electron chi connectivity index (χ3n) is 3.22. The normalized spacial score (nSPS) is 19.3. The topological polar surface area (TPSA) is 38.5 Å². The molecule has 1 heterocycles. The first kappa shape index (κ1) is 13.1. The SMILES string of the molecule is CC1(C)COCCN1c1ccc(N)cc1C(F)F. The smallest absolute Gasteiger partial charge is 0.265 e. The third-order valence-corrected chi connectivity index (χ3v) is 3.22. The molecule has 0 unspecified atom stereocenters. The van der Waals surface area contributed by atoms with E-state index in [2.05, 4.69) is 0 Å². The highest BCUT2D eigenvalue weighted by Crippen LogP contribution is 2.36. The molecule has 0 spiro atoms. The number of morpholine rings is 1. The maximum Gasteiger partial charge on any atom is 0.265 e. The highest BCUT2D eigenvalue weighted by molar-refractivity contribution is 5.61. The van der Waals surface area contributed by atoms with E-state index < -0.39 is 6.43 Å². The Labute approximate surface area is 106 Å². The van der Waals surface area contributed by atoms with Crippen LogP contribution in [0.2, 0.25) is 0 Å². The summed E-state index contributed by atoms with van der Waals surface area (Å²) in [7, 11) is 0. The molecular formula is C13H18F2N2O. The summed E-state index contributed by atoms with van der Waals surface area (Å²) in [5, 5.41) is 0. The van der Waals surface area contributed by atoms with Crippen LogP contribution in [0.5, 0.6) is 0 Å². The van der Waals surface area contributed by atoms with Crippen LogP contribution in [0.1, 0.15) is 25.8 Å². The fourth-order valence-electron chi connectivity index (χ4n) is 2.30. The first-order chi connectivity index (χ1) is 8.42. The molecule has 0 saturated carbocycles. The second-order valence-electron chi connectivity index (χ2n) is 5.14. The number of nitrogens with two attached hydrogens (primary N) is 1. The Hall–Kier alpha value is -1.36. The predicted octanol–water partition coefficient (Wildman–Crippen LogP) is 2.82. The summed E-state index contributed by atoms with van der Waals surface area (Å²) in [6.45, 7) is 5.66. The van der Waals surface area contributed by atoms with Gasteiger partial charge in [0.2, 0.25) is 0 Å². The van der Waals surface area contributed by atoms with Gasteiger partial charge >= 0.3 is 0 Å². The zero-order valence-corrected chi connectivity index (χ0v) is 10.6. The lowest BCUT2D eigenvalue weighted by atomic mass is 9.99. The Bertz CT molecular complexity index is 435. The standard InChI is InChI=1S/C13H18F2N2O/c1-13(2)8-18-6-5-17(13)11-4-3-9(16)7-10(11)12(14)15/h3-4,7,12H,5-6,8,16H2,1-2H3. The molecule has 2 rings (SSSR count). The molecule has 18 heavy (non-hydrogen) atoms. The van der Waals surface area contributed by atoms with Gasteiger partial charge in [-0.1, -0.05) is 0 Å². The quantitative estimate of drug-likeness (QED) is 0.827. The number of hydrogen-bond acceptors (Lipinski definition) is 3. The molecule has 1 aliphatic rings. The summed E-state index contributed by atoms with van der Waals surface area (Å²) >= 11 is 0. The van der Waals surface area contributed by atoms with Gasteiger partial charge in [-0.05, 0) is 32.0 Å². The summed E-state index contributed by atoms with van der Waals surface area (Å²) in [4.78, 5) is 1.97. The molecule has 100 valence electrons. The Morgan fingerprint density at radius 3 is 2.72 bits per heavy atom. The molecule has 1 saturated heterocycles. The maximum atomic E-state index is 13.1. The van der Waals surface area contributed by atoms with E-state index in [1.165, 1.54) is 6.07 Å². The number of hydrogen-bond donors (Lipinski definition) is 1. The van der Waals surface area contributed by atoms with Gasteiger partial charge in [-0.2, -0.15) is 0 Å². The van der Waals surface area contributed by atoms with E-state index in [0.717, 1.165) is 0 Å². The van der Waals surface area contributed by atoms with Gasteiger partial charge in [0.25, 0.3) is 6.43 Å². The summed E-state index contributed by atoms with van der Waals surface area (Å²) in [5.74, 6) is 0. The monoisotopic (exact) mass is 256 g/mol. The van der Waals surface area contributed by atoms with Crippen LogP contribution in [-0.2, 0) is 4.74 Å². The minimum Gasteiger partial charge on any atom is -0.399 e. The van der Waals surface area contributed by atoms with Crippen LogP contribution >= 0.6 is 0 Å².